The maximum Gasteiger partial charge on any atom is 0.237 e. The highest BCUT2D eigenvalue weighted by atomic mass is 16.2. The number of hydrogen-bond acceptors (Lipinski definition) is 5. The summed E-state index contributed by atoms with van der Waals surface area (Å²) in [7, 11) is 0. The fourth-order valence-electron chi connectivity index (χ4n) is 4.81. The Morgan fingerprint density at radius 3 is 2.72 bits per heavy atom. The van der Waals surface area contributed by atoms with Gasteiger partial charge in [-0.2, -0.15) is 0 Å². The molecule has 1 aliphatic carbocycles. The third-order valence-electron chi connectivity index (χ3n) is 6.83. The van der Waals surface area contributed by atoms with Gasteiger partial charge in [0.25, 0.3) is 0 Å². The second-order valence-corrected chi connectivity index (χ2v) is 9.31. The van der Waals surface area contributed by atoms with Gasteiger partial charge in [0.1, 0.15) is 5.82 Å². The van der Waals surface area contributed by atoms with Crippen LogP contribution in [0, 0.1) is 12.8 Å². The number of hydrogen-bond donors (Lipinski definition) is 3. The van der Waals surface area contributed by atoms with Gasteiger partial charge < -0.3 is 16.8 Å². The van der Waals surface area contributed by atoms with Crippen LogP contribution in [0.1, 0.15) is 54.5 Å². The Morgan fingerprint density at radius 2 is 2.03 bits per heavy atom. The van der Waals surface area contributed by atoms with Crippen molar-refractivity contribution in [2.24, 2.45) is 11.7 Å². The van der Waals surface area contributed by atoms with Crippen molar-refractivity contribution in [3.63, 3.8) is 0 Å². The first-order valence-corrected chi connectivity index (χ1v) is 11.5. The topological polar surface area (TPSA) is 114 Å². The summed E-state index contributed by atoms with van der Waals surface area (Å²) in [5.74, 6) is 0.986. The molecule has 0 spiro atoms. The zero-order valence-electron chi connectivity index (χ0n) is 18.9. The maximum atomic E-state index is 12.9. The molecule has 1 aromatic heterocycles. The molecule has 32 heavy (non-hydrogen) atoms. The maximum absolute atomic E-state index is 12.9. The van der Waals surface area contributed by atoms with Crippen LogP contribution in [-0.4, -0.2) is 40.3 Å². The average molecular weight is 436 g/mol. The zero-order chi connectivity index (χ0) is 22.8. The summed E-state index contributed by atoms with van der Waals surface area (Å²) >= 11 is 0. The quantitative estimate of drug-likeness (QED) is 0.588. The summed E-state index contributed by atoms with van der Waals surface area (Å²) in [6.45, 7) is 4.76. The van der Waals surface area contributed by atoms with Gasteiger partial charge in [-0.05, 0) is 74.1 Å². The minimum absolute atomic E-state index is 0.121. The first-order chi connectivity index (χ1) is 15.3. The van der Waals surface area contributed by atoms with Gasteiger partial charge in [0.05, 0.1) is 12.1 Å². The fourth-order valence-corrected chi connectivity index (χ4v) is 4.81. The van der Waals surface area contributed by atoms with Crippen LogP contribution < -0.4 is 16.8 Å². The van der Waals surface area contributed by atoms with Crippen molar-refractivity contribution >= 4 is 17.6 Å². The number of aryl methyl sites for hydroxylation is 1. The summed E-state index contributed by atoms with van der Waals surface area (Å²) in [5, 5.41) is 2.97. The molecule has 1 saturated carbocycles. The second-order valence-electron chi connectivity index (χ2n) is 9.31. The zero-order valence-corrected chi connectivity index (χ0v) is 18.9. The number of nitrogen functional groups attached to an aromatic ring is 1. The van der Waals surface area contributed by atoms with Crippen molar-refractivity contribution in [2.75, 3.05) is 12.3 Å². The number of nitrogens with two attached hydrogens (primary N) is 2. The van der Waals surface area contributed by atoms with Gasteiger partial charge in [-0.3, -0.25) is 14.5 Å². The van der Waals surface area contributed by atoms with E-state index >= 15 is 0 Å². The molecule has 1 aromatic carbocycles. The van der Waals surface area contributed by atoms with E-state index in [1.807, 2.05) is 24.8 Å². The van der Waals surface area contributed by atoms with Crippen LogP contribution in [0.15, 0.2) is 36.4 Å². The third-order valence-corrected chi connectivity index (χ3v) is 6.83. The molecule has 3 atom stereocenters. The average Bonchev–Trinajstić information content (AvgIpc) is 3.52. The number of carbonyl (C=O) groups excluding carboxylic acids is 2. The van der Waals surface area contributed by atoms with Crippen LogP contribution in [0.2, 0.25) is 0 Å². The number of primary amides is 1. The lowest BCUT2D eigenvalue weighted by molar-refractivity contribution is -0.129. The molecule has 0 radical (unpaired) electrons. The highest BCUT2D eigenvalue weighted by Crippen LogP contribution is 2.40. The Labute approximate surface area is 189 Å². The predicted octanol–water partition coefficient (Wildman–Crippen LogP) is 2.27. The molecule has 5 N–H and O–H groups in total. The number of likely N-dealkylation sites (tertiary alicyclic amines) is 1. The minimum Gasteiger partial charge on any atom is -0.384 e. The largest absolute Gasteiger partial charge is 0.384 e. The van der Waals surface area contributed by atoms with Crippen LogP contribution >= 0.6 is 0 Å². The number of aromatic nitrogens is 1. The van der Waals surface area contributed by atoms with E-state index in [4.69, 9.17) is 11.5 Å². The molecule has 2 unspecified atom stereocenters. The molecule has 4 rings (SSSR count). The molecule has 170 valence electrons. The molecule has 2 amide bonds. The SMILES string of the molecule is Cc1nc(N)ccc1CNC(=O)[C@H](C)N1CC(Cc2cccc(C3CC3)c2)CC1C(N)=O. The van der Waals surface area contributed by atoms with Crippen molar-refractivity contribution in [3.05, 3.63) is 58.8 Å². The summed E-state index contributed by atoms with van der Waals surface area (Å²) in [4.78, 5) is 31.3. The molecule has 0 bridgehead atoms. The Bertz CT molecular complexity index is 1000. The van der Waals surface area contributed by atoms with Crippen LogP contribution in [0.25, 0.3) is 0 Å². The van der Waals surface area contributed by atoms with E-state index < -0.39 is 12.1 Å². The number of nitrogens with one attached hydrogen (secondary N) is 1. The van der Waals surface area contributed by atoms with Crippen LogP contribution in [0.5, 0.6) is 0 Å². The highest BCUT2D eigenvalue weighted by molar-refractivity contribution is 5.84. The molecule has 1 saturated heterocycles. The molecule has 1 aliphatic heterocycles. The lowest BCUT2D eigenvalue weighted by Gasteiger charge is -2.28. The molecule has 7 heteroatoms. The molecular formula is C25H33N5O2. The normalized spacial score (nSPS) is 21.9. The van der Waals surface area contributed by atoms with Gasteiger partial charge in [-0.15, -0.1) is 0 Å². The van der Waals surface area contributed by atoms with Crippen LogP contribution in [-0.2, 0) is 22.6 Å². The second kappa shape index (κ2) is 9.28. The predicted molar refractivity (Wildman–Crippen MR) is 125 cm³/mol. The monoisotopic (exact) mass is 435 g/mol. The van der Waals surface area contributed by atoms with E-state index in [-0.39, 0.29) is 11.8 Å². The smallest absolute Gasteiger partial charge is 0.237 e. The summed E-state index contributed by atoms with van der Waals surface area (Å²) in [5.41, 5.74) is 15.9. The van der Waals surface area contributed by atoms with Gasteiger partial charge in [-0.25, -0.2) is 4.98 Å². The minimum atomic E-state index is -0.447. The first-order valence-electron chi connectivity index (χ1n) is 11.5. The van der Waals surface area contributed by atoms with Gasteiger partial charge >= 0.3 is 0 Å². The lowest BCUT2D eigenvalue weighted by Crippen LogP contribution is -2.51. The van der Waals surface area contributed by atoms with Gasteiger partial charge in [0.2, 0.25) is 11.8 Å². The number of rotatable bonds is 8. The molecule has 7 nitrogen and oxygen atoms in total. The van der Waals surface area contributed by atoms with Crippen LogP contribution in [0.3, 0.4) is 0 Å². The van der Waals surface area contributed by atoms with E-state index in [9.17, 15) is 9.59 Å². The molecule has 2 fully saturated rings. The van der Waals surface area contributed by atoms with Crippen LogP contribution in [0.4, 0.5) is 5.82 Å². The van der Waals surface area contributed by atoms with E-state index in [2.05, 4.69) is 34.6 Å². The molecular weight excluding hydrogens is 402 g/mol. The van der Waals surface area contributed by atoms with Crippen molar-refractivity contribution in [1.29, 1.82) is 0 Å². The van der Waals surface area contributed by atoms with E-state index in [1.54, 1.807) is 6.07 Å². The highest BCUT2D eigenvalue weighted by Gasteiger charge is 2.40. The van der Waals surface area contributed by atoms with E-state index in [0.29, 0.717) is 31.2 Å². The lowest BCUT2D eigenvalue weighted by atomic mass is 9.95. The van der Waals surface area contributed by atoms with Gasteiger partial charge in [-0.1, -0.05) is 30.3 Å². The van der Waals surface area contributed by atoms with Crippen molar-refractivity contribution in [2.45, 2.75) is 64.1 Å². The number of amides is 2. The number of pyridine rings is 1. The van der Waals surface area contributed by atoms with Crippen molar-refractivity contribution < 1.29 is 9.59 Å². The molecule has 2 aliphatic rings. The van der Waals surface area contributed by atoms with E-state index in [0.717, 1.165) is 23.6 Å². The summed E-state index contributed by atoms with van der Waals surface area (Å²) in [6.07, 6.45) is 4.14. The summed E-state index contributed by atoms with van der Waals surface area (Å²) < 4.78 is 0. The Balaban J connectivity index is 1.38. The van der Waals surface area contributed by atoms with Crippen molar-refractivity contribution in [3.8, 4) is 0 Å². The van der Waals surface area contributed by atoms with Gasteiger partial charge in [0, 0.05) is 18.8 Å². The van der Waals surface area contributed by atoms with Crippen molar-refractivity contribution in [1.82, 2.24) is 15.2 Å². The Kier molecular flexibility index (Phi) is 6.46. The molecule has 2 aromatic rings. The number of nitrogens with zero attached hydrogens (tertiary/aromatic N) is 2. The first kappa shape index (κ1) is 22.3. The number of anilines is 1. The summed E-state index contributed by atoms with van der Waals surface area (Å²) in [6, 6.07) is 11.5. The Hall–Kier alpha value is -2.93. The molecule has 2 heterocycles. The third kappa shape index (κ3) is 5.10. The standard InChI is InChI=1S/C25H33N5O2/c1-15-21(8-9-23(26)29-15)13-28-25(32)16(2)30-14-18(12-22(30)24(27)31)10-17-4-3-5-20(11-17)19-6-7-19/h3-5,8-9,11,16,18-19,22H,6-7,10,12-14H2,1-2H3,(H2,26,29)(H2,27,31)(H,28,32)/t16-,18?,22?/m0/s1. The van der Waals surface area contributed by atoms with E-state index in [1.165, 1.54) is 24.0 Å². The number of carbonyl (C=O) groups is 2. The number of benzene rings is 1. The Morgan fingerprint density at radius 1 is 1.25 bits per heavy atom. The fraction of sp³-hybridized carbons (Fsp3) is 0.480. The van der Waals surface area contributed by atoms with Gasteiger partial charge in [0.15, 0.2) is 0 Å².